The molecule has 65 heavy (non-hydrogen) atoms. The van der Waals surface area contributed by atoms with E-state index < -0.39 is 0 Å². The van der Waals surface area contributed by atoms with Crippen LogP contribution in [0.15, 0.2) is 231 Å². The largest absolute Gasteiger partial charge is 0.310 e. The van der Waals surface area contributed by atoms with Crippen LogP contribution in [-0.2, 0) is 0 Å². The van der Waals surface area contributed by atoms with Gasteiger partial charge in [-0.05, 0) is 97.1 Å². The van der Waals surface area contributed by atoms with E-state index in [2.05, 4.69) is 237 Å². The summed E-state index contributed by atoms with van der Waals surface area (Å²) in [5.41, 5.74) is 12.1. The predicted molar refractivity (Wildman–Crippen MR) is 273 cm³/mol. The first-order valence-corrected chi connectivity index (χ1v) is 22.6. The molecule has 0 aliphatic rings. The molecule has 0 amide bonds. The Hall–Kier alpha value is -8.52. The number of hydrogen-bond donors (Lipinski definition) is 0. The van der Waals surface area contributed by atoms with Gasteiger partial charge in [0.15, 0.2) is 0 Å². The number of rotatable bonds is 8. The van der Waals surface area contributed by atoms with Crippen molar-refractivity contribution in [2.45, 2.75) is 0 Å². The van der Waals surface area contributed by atoms with Crippen molar-refractivity contribution in [3.63, 3.8) is 0 Å². The van der Waals surface area contributed by atoms with Gasteiger partial charge in [0.05, 0.1) is 27.8 Å². The summed E-state index contributed by atoms with van der Waals surface area (Å²) < 4.78 is 5.87. The second-order valence-electron chi connectivity index (χ2n) is 16.3. The van der Waals surface area contributed by atoms with Gasteiger partial charge in [0, 0.05) is 77.3 Å². The maximum atomic E-state index is 5.36. The maximum Gasteiger partial charge on any atom is 0.235 e. The van der Waals surface area contributed by atoms with E-state index in [1.165, 1.54) is 32.6 Å². The van der Waals surface area contributed by atoms with Gasteiger partial charge >= 0.3 is 0 Å². The van der Waals surface area contributed by atoms with Gasteiger partial charge in [-0.1, -0.05) is 127 Å². The van der Waals surface area contributed by atoms with Crippen molar-refractivity contribution in [3.8, 4) is 11.4 Å². The van der Waals surface area contributed by atoms with Crippen molar-refractivity contribution in [1.29, 1.82) is 0 Å². The number of benzene rings is 9. The quantitative estimate of drug-likeness (QED) is 0.153. The number of aromatic nitrogens is 4. The van der Waals surface area contributed by atoms with Crippen LogP contribution in [0, 0.1) is 0 Å². The van der Waals surface area contributed by atoms with Gasteiger partial charge in [-0.25, -0.2) is 9.97 Å². The zero-order valence-corrected chi connectivity index (χ0v) is 35.8. The van der Waals surface area contributed by atoms with Crippen LogP contribution in [0.1, 0.15) is 0 Å². The van der Waals surface area contributed by atoms with E-state index in [1.54, 1.807) is 11.3 Å². The molecule has 0 fully saturated rings. The zero-order valence-electron chi connectivity index (χ0n) is 35.0. The van der Waals surface area contributed by atoms with Crippen molar-refractivity contribution < 1.29 is 0 Å². The molecule has 0 saturated carbocycles. The Morgan fingerprint density at radius 2 is 0.769 bits per heavy atom. The van der Waals surface area contributed by atoms with E-state index in [1.807, 2.05) is 12.3 Å². The lowest BCUT2D eigenvalue weighted by molar-refractivity contribution is 1.11. The van der Waals surface area contributed by atoms with Crippen LogP contribution in [0.5, 0.6) is 0 Å². The third-order valence-electron chi connectivity index (χ3n) is 12.5. The summed E-state index contributed by atoms with van der Waals surface area (Å²) >= 11 is 1.70. The second kappa shape index (κ2) is 15.1. The van der Waals surface area contributed by atoms with Gasteiger partial charge in [0.25, 0.3) is 0 Å². The molecule has 306 valence electrons. The highest BCUT2D eigenvalue weighted by molar-refractivity contribution is 7.25. The standard InChI is InChI=1S/C58H38N6S/c1-5-17-39(18-6-1)61(43-29-32-48-46-25-13-15-27-52(46)63(54(48)35-43)41-21-9-3-10-22-41)45-31-34-50-51-38-59-58(60-57(51)65-56(50)37-45)62(40-19-7-2-8-20-40)44-30-33-49-47-26-14-16-28-53(47)64(55(49)36-44)42-23-11-4-12-24-42/h1-38H. The van der Waals surface area contributed by atoms with Crippen LogP contribution in [0.25, 0.3) is 75.3 Å². The Morgan fingerprint density at radius 1 is 0.338 bits per heavy atom. The number of nitrogens with zero attached hydrogens (tertiary/aromatic N) is 6. The van der Waals surface area contributed by atoms with Crippen molar-refractivity contribution in [2.75, 3.05) is 9.80 Å². The molecular formula is C58H38N6S. The predicted octanol–water partition coefficient (Wildman–Crippen LogP) is 16.0. The molecule has 0 unspecified atom stereocenters. The minimum Gasteiger partial charge on any atom is -0.310 e. The summed E-state index contributed by atoms with van der Waals surface area (Å²) in [7, 11) is 0. The SMILES string of the molecule is c1ccc(N(c2ccc3c(c2)sc2nc(N(c4ccccc4)c4ccc5c6ccccc6n(-c6ccccc6)c5c4)ncc23)c2ccc3c4ccccc4n(-c4ccccc4)c3c2)cc1. The van der Waals surface area contributed by atoms with E-state index in [-0.39, 0.29) is 0 Å². The van der Waals surface area contributed by atoms with Gasteiger partial charge in [-0.15, -0.1) is 11.3 Å². The summed E-state index contributed by atoms with van der Waals surface area (Å²) in [6, 6.07) is 79.9. The summed E-state index contributed by atoms with van der Waals surface area (Å²) in [4.78, 5) is 15.9. The van der Waals surface area contributed by atoms with E-state index >= 15 is 0 Å². The first-order valence-electron chi connectivity index (χ1n) is 21.8. The highest BCUT2D eigenvalue weighted by Crippen LogP contribution is 2.44. The topological polar surface area (TPSA) is 42.1 Å². The van der Waals surface area contributed by atoms with Crippen molar-refractivity contribution in [1.82, 2.24) is 19.1 Å². The number of thiophene rings is 1. The summed E-state index contributed by atoms with van der Waals surface area (Å²) in [5, 5.41) is 7.03. The summed E-state index contributed by atoms with van der Waals surface area (Å²) in [5.74, 6) is 0.616. The fourth-order valence-electron chi connectivity index (χ4n) is 9.68. The molecule has 0 saturated heterocycles. The van der Waals surface area contributed by atoms with E-state index in [9.17, 15) is 0 Å². The van der Waals surface area contributed by atoms with Gasteiger partial charge in [-0.2, -0.15) is 0 Å². The van der Waals surface area contributed by atoms with E-state index in [0.717, 1.165) is 71.1 Å². The number of hydrogen-bond acceptors (Lipinski definition) is 5. The van der Waals surface area contributed by atoms with Crippen molar-refractivity contribution in [3.05, 3.63) is 231 Å². The maximum absolute atomic E-state index is 5.36. The number of anilines is 6. The van der Waals surface area contributed by atoms with E-state index in [0.29, 0.717) is 5.95 Å². The highest BCUT2D eigenvalue weighted by atomic mass is 32.1. The first kappa shape index (κ1) is 37.1. The lowest BCUT2D eigenvalue weighted by Crippen LogP contribution is -2.13. The molecule has 0 spiro atoms. The fourth-order valence-corrected chi connectivity index (χ4v) is 10.8. The summed E-state index contributed by atoms with van der Waals surface area (Å²) in [6.45, 7) is 0. The minimum absolute atomic E-state index is 0.616. The van der Waals surface area contributed by atoms with Crippen molar-refractivity contribution in [2.24, 2.45) is 0 Å². The smallest absolute Gasteiger partial charge is 0.235 e. The Morgan fingerprint density at radius 3 is 1.32 bits per heavy atom. The van der Waals surface area contributed by atoms with Gasteiger partial charge in [-0.3, -0.25) is 4.90 Å². The Balaban J connectivity index is 0.949. The van der Waals surface area contributed by atoms with Crippen LogP contribution in [0.2, 0.25) is 0 Å². The molecule has 13 rings (SSSR count). The molecule has 6 nitrogen and oxygen atoms in total. The van der Waals surface area contributed by atoms with Gasteiger partial charge in [0.1, 0.15) is 4.83 Å². The molecule has 0 aliphatic heterocycles. The molecule has 0 bridgehead atoms. The molecular weight excluding hydrogens is 813 g/mol. The highest BCUT2D eigenvalue weighted by Gasteiger charge is 2.22. The average Bonchev–Trinajstić information content (AvgIpc) is 4.02. The van der Waals surface area contributed by atoms with Crippen molar-refractivity contribution >= 4 is 110 Å². The monoisotopic (exact) mass is 850 g/mol. The average molecular weight is 851 g/mol. The Kier molecular flexibility index (Phi) is 8.60. The fraction of sp³-hybridized carbons (Fsp3) is 0. The molecule has 13 aromatic rings. The van der Waals surface area contributed by atoms with E-state index in [4.69, 9.17) is 9.97 Å². The molecule has 4 aromatic heterocycles. The first-order chi connectivity index (χ1) is 32.2. The minimum atomic E-state index is 0.616. The van der Waals surface area contributed by atoms with Crippen LogP contribution in [0.3, 0.4) is 0 Å². The van der Waals surface area contributed by atoms with Gasteiger partial charge in [0.2, 0.25) is 5.95 Å². The Labute approximate surface area is 378 Å². The lowest BCUT2D eigenvalue weighted by Gasteiger charge is -2.26. The summed E-state index contributed by atoms with van der Waals surface area (Å²) in [6.07, 6.45) is 2.00. The second-order valence-corrected chi connectivity index (χ2v) is 17.3. The molecule has 4 heterocycles. The third kappa shape index (κ3) is 6.09. The molecule has 7 heteroatoms. The van der Waals surface area contributed by atoms with Crippen LogP contribution in [0.4, 0.5) is 34.4 Å². The zero-order chi connectivity index (χ0) is 42.8. The van der Waals surface area contributed by atoms with Gasteiger partial charge < -0.3 is 14.0 Å². The lowest BCUT2D eigenvalue weighted by atomic mass is 10.1. The molecule has 0 radical (unpaired) electrons. The normalized spacial score (nSPS) is 11.7. The molecule has 0 aliphatic carbocycles. The molecule has 0 N–H and O–H groups in total. The van der Waals surface area contributed by atoms with Crippen LogP contribution >= 0.6 is 11.3 Å². The number of para-hydroxylation sites is 6. The third-order valence-corrected chi connectivity index (χ3v) is 13.6. The Bertz CT molecular complexity index is 3640. The van der Waals surface area contributed by atoms with Crippen LogP contribution in [-0.4, -0.2) is 19.1 Å². The molecule has 0 atom stereocenters. The van der Waals surface area contributed by atoms with Crippen LogP contribution < -0.4 is 9.80 Å². The molecule has 9 aromatic carbocycles. The number of fused-ring (bicyclic) bond motifs is 9.